The number of fused-ring (bicyclic) bond motifs is 2. The van der Waals surface area contributed by atoms with Crippen molar-refractivity contribution in [1.29, 1.82) is 0 Å². The van der Waals surface area contributed by atoms with E-state index in [1.807, 2.05) is 18.3 Å². The topological polar surface area (TPSA) is 75.9 Å². The number of benzene rings is 2. The highest BCUT2D eigenvalue weighted by atomic mass is 32.1. The lowest BCUT2D eigenvalue weighted by Gasteiger charge is -2.27. The smallest absolute Gasteiger partial charge is 0.207 e. The molecule has 9 heteroatoms. The van der Waals surface area contributed by atoms with Crippen LogP contribution in [0.25, 0.3) is 26.8 Å². The molecule has 36 heavy (non-hydrogen) atoms. The molecule has 0 bridgehead atoms. The molecule has 0 radical (unpaired) electrons. The van der Waals surface area contributed by atoms with Crippen LogP contribution in [0.1, 0.15) is 31.8 Å². The molecule has 1 aliphatic heterocycles. The van der Waals surface area contributed by atoms with Gasteiger partial charge in [-0.05, 0) is 78.4 Å². The normalized spacial score (nSPS) is 13.4. The molecule has 0 aliphatic carbocycles. The van der Waals surface area contributed by atoms with Crippen molar-refractivity contribution in [2.75, 3.05) is 18.0 Å². The van der Waals surface area contributed by atoms with Crippen LogP contribution in [0.15, 0.2) is 60.4 Å². The third-order valence-corrected chi connectivity index (χ3v) is 7.18. The number of nitrogens with one attached hydrogen (secondary N) is 1. The van der Waals surface area contributed by atoms with Gasteiger partial charge in [-0.2, -0.15) is 0 Å². The number of piperidine rings is 1. The van der Waals surface area contributed by atoms with E-state index in [0.29, 0.717) is 23.4 Å². The number of amides is 1. The average molecular weight is 505 g/mol. The van der Waals surface area contributed by atoms with Gasteiger partial charge in [0.25, 0.3) is 0 Å². The zero-order chi connectivity index (χ0) is 24.9. The van der Waals surface area contributed by atoms with E-state index in [0.717, 1.165) is 36.3 Å². The van der Waals surface area contributed by atoms with E-state index in [1.165, 1.54) is 35.4 Å². The molecule has 186 valence electrons. The predicted octanol–water partition coefficient (Wildman–Crippen LogP) is 5.65. The fourth-order valence-corrected chi connectivity index (χ4v) is 5.10. The fraction of sp³-hybridized carbons (Fsp3) is 0.259. The lowest BCUT2D eigenvalue weighted by molar-refractivity contribution is -0.109. The molecule has 7 nitrogen and oxygen atoms in total. The molecule has 6 rings (SSSR count). The summed E-state index contributed by atoms with van der Waals surface area (Å²) in [7, 11) is 0. The molecule has 3 aromatic heterocycles. The Balaban J connectivity index is 0.000000195. The molecular formula is C27H29FN6OS. The summed E-state index contributed by atoms with van der Waals surface area (Å²) in [6.07, 6.45) is 7.80. The maximum atomic E-state index is 13.8. The fourth-order valence-electron chi connectivity index (χ4n) is 4.33. The first-order valence-electron chi connectivity index (χ1n) is 12.0. The Morgan fingerprint density at radius 3 is 2.78 bits per heavy atom. The molecule has 1 saturated heterocycles. The quantitative estimate of drug-likeness (QED) is 0.313. The number of carbonyl (C=O) groups is 1. The lowest BCUT2D eigenvalue weighted by Crippen LogP contribution is -2.30. The highest BCUT2D eigenvalue weighted by molar-refractivity contribution is 7.17. The van der Waals surface area contributed by atoms with Gasteiger partial charge in [-0.25, -0.2) is 19.0 Å². The van der Waals surface area contributed by atoms with Crippen LogP contribution in [0.2, 0.25) is 0 Å². The van der Waals surface area contributed by atoms with Crippen LogP contribution < -0.4 is 10.2 Å². The number of anilines is 1. The highest BCUT2D eigenvalue weighted by Crippen LogP contribution is 2.26. The molecule has 5 aromatic rings. The standard InChI is InChI=1S/C17H18FN5.C10H9NOS.H2/c1-12-5-6-13(9-15(12)18)23-10-14-16(21-23)19-11-20-17(14)22-7-3-2-4-8-22;12-7-11-6-8-1-2-10-9(5-8)3-4-13-10;/h5-6,9-11H,2-4,7-8H2,1H3;1-5,7H,6H2,(H,11,12);1H. The molecule has 1 aliphatic rings. The summed E-state index contributed by atoms with van der Waals surface area (Å²) in [6.45, 7) is 4.38. The van der Waals surface area contributed by atoms with E-state index in [-0.39, 0.29) is 7.24 Å². The number of halogens is 1. The van der Waals surface area contributed by atoms with Crippen molar-refractivity contribution >= 4 is 44.7 Å². The summed E-state index contributed by atoms with van der Waals surface area (Å²) in [6, 6.07) is 13.4. The average Bonchev–Trinajstić information content (AvgIpc) is 3.56. The van der Waals surface area contributed by atoms with Crippen LogP contribution in [-0.2, 0) is 11.3 Å². The second kappa shape index (κ2) is 10.8. The van der Waals surface area contributed by atoms with Crippen molar-refractivity contribution in [3.8, 4) is 5.69 Å². The first-order valence-corrected chi connectivity index (χ1v) is 12.9. The van der Waals surface area contributed by atoms with Crippen LogP contribution in [0.5, 0.6) is 0 Å². The number of thiophene rings is 1. The molecule has 2 aromatic carbocycles. The zero-order valence-electron chi connectivity index (χ0n) is 20.0. The second-order valence-electron chi connectivity index (χ2n) is 8.78. The van der Waals surface area contributed by atoms with E-state index < -0.39 is 0 Å². The number of aromatic nitrogens is 4. The van der Waals surface area contributed by atoms with Crippen LogP contribution >= 0.6 is 11.3 Å². The minimum absolute atomic E-state index is 0. The molecule has 0 spiro atoms. The Morgan fingerprint density at radius 1 is 1.11 bits per heavy atom. The largest absolute Gasteiger partial charge is 0.356 e. The van der Waals surface area contributed by atoms with Crippen LogP contribution in [-0.4, -0.2) is 39.2 Å². The minimum Gasteiger partial charge on any atom is -0.356 e. The van der Waals surface area contributed by atoms with Gasteiger partial charge in [-0.3, -0.25) is 4.79 Å². The summed E-state index contributed by atoms with van der Waals surface area (Å²) in [5.74, 6) is 0.693. The summed E-state index contributed by atoms with van der Waals surface area (Å²) in [5, 5.41) is 11.4. The summed E-state index contributed by atoms with van der Waals surface area (Å²) in [5.41, 5.74) is 3.09. The molecule has 4 heterocycles. The SMILES string of the molecule is Cc1ccc(-n2cc3c(N4CCCCC4)ncnc3n2)cc1F.O=CNCc1ccc2sccc2c1.[HH]. The third kappa shape index (κ3) is 5.21. The first-order chi connectivity index (χ1) is 17.6. The van der Waals surface area contributed by atoms with E-state index in [9.17, 15) is 9.18 Å². The number of hydrogen-bond donors (Lipinski definition) is 1. The van der Waals surface area contributed by atoms with Gasteiger partial charge < -0.3 is 10.2 Å². The molecule has 1 N–H and O–H groups in total. The summed E-state index contributed by atoms with van der Waals surface area (Å²) >= 11 is 1.73. The van der Waals surface area contributed by atoms with Gasteiger partial charge in [0.05, 0.1) is 11.1 Å². The molecule has 1 amide bonds. The number of rotatable bonds is 5. The van der Waals surface area contributed by atoms with Crippen LogP contribution in [0, 0.1) is 12.7 Å². The third-order valence-electron chi connectivity index (χ3n) is 6.28. The Bertz CT molecular complexity index is 1500. The van der Waals surface area contributed by atoms with Gasteiger partial charge in [-0.15, -0.1) is 16.4 Å². The summed E-state index contributed by atoms with van der Waals surface area (Å²) in [4.78, 5) is 21.1. The number of nitrogens with zero attached hydrogens (tertiary/aromatic N) is 5. The number of hydrogen-bond acceptors (Lipinski definition) is 6. The lowest BCUT2D eigenvalue weighted by atomic mass is 10.1. The van der Waals surface area contributed by atoms with Crippen LogP contribution in [0.3, 0.4) is 0 Å². The van der Waals surface area contributed by atoms with Gasteiger partial charge in [-0.1, -0.05) is 12.1 Å². The van der Waals surface area contributed by atoms with Crippen molar-refractivity contribution < 1.29 is 10.6 Å². The Morgan fingerprint density at radius 2 is 1.97 bits per heavy atom. The van der Waals surface area contributed by atoms with Crippen LogP contribution in [0.4, 0.5) is 10.2 Å². The highest BCUT2D eigenvalue weighted by Gasteiger charge is 2.17. The molecule has 1 fully saturated rings. The van der Waals surface area contributed by atoms with Crippen molar-refractivity contribution in [2.45, 2.75) is 32.7 Å². The Labute approximate surface area is 214 Å². The van der Waals surface area contributed by atoms with Gasteiger partial charge in [0, 0.05) is 32.0 Å². The minimum atomic E-state index is -0.232. The van der Waals surface area contributed by atoms with Crippen molar-refractivity contribution in [3.63, 3.8) is 0 Å². The van der Waals surface area contributed by atoms with Gasteiger partial charge in [0.1, 0.15) is 18.0 Å². The molecule has 0 unspecified atom stereocenters. The van der Waals surface area contributed by atoms with Crippen molar-refractivity contribution in [2.24, 2.45) is 0 Å². The Kier molecular flexibility index (Phi) is 7.18. The van der Waals surface area contributed by atoms with E-state index in [2.05, 4.69) is 48.9 Å². The maximum absolute atomic E-state index is 13.8. The van der Waals surface area contributed by atoms with Crippen molar-refractivity contribution in [1.82, 2.24) is 25.1 Å². The van der Waals surface area contributed by atoms with Crippen molar-refractivity contribution in [3.05, 3.63) is 77.3 Å². The number of carbonyl (C=O) groups excluding carboxylic acids is 1. The van der Waals surface area contributed by atoms with Gasteiger partial charge >= 0.3 is 0 Å². The van der Waals surface area contributed by atoms with Gasteiger partial charge in [0.2, 0.25) is 6.41 Å². The predicted molar refractivity (Wildman–Crippen MR) is 144 cm³/mol. The summed E-state index contributed by atoms with van der Waals surface area (Å²) < 4.78 is 16.8. The second-order valence-corrected chi connectivity index (χ2v) is 9.73. The van der Waals surface area contributed by atoms with E-state index in [4.69, 9.17) is 0 Å². The molecule has 0 saturated carbocycles. The van der Waals surface area contributed by atoms with Gasteiger partial charge in [0.15, 0.2) is 5.65 Å². The maximum Gasteiger partial charge on any atom is 0.207 e. The van der Waals surface area contributed by atoms with E-state index in [1.54, 1.807) is 35.3 Å². The monoisotopic (exact) mass is 504 g/mol. The first kappa shape index (κ1) is 23.9. The molecule has 0 atom stereocenters. The Hall–Kier alpha value is -3.85. The molecular weight excluding hydrogens is 475 g/mol. The number of aryl methyl sites for hydroxylation is 1. The van der Waals surface area contributed by atoms with E-state index >= 15 is 0 Å². The zero-order valence-corrected chi connectivity index (χ0v) is 20.8.